The monoisotopic (exact) mass is 444 g/mol. The molecule has 2 aromatic rings. The zero-order chi connectivity index (χ0) is 23.0. The molecule has 0 atom stereocenters. The smallest absolute Gasteiger partial charge is 0.338 e. The van der Waals surface area contributed by atoms with E-state index in [4.69, 9.17) is 26.4 Å². The van der Waals surface area contributed by atoms with Crippen molar-refractivity contribution in [2.75, 3.05) is 17.2 Å². The molecule has 0 aliphatic carbocycles. The van der Waals surface area contributed by atoms with Crippen LogP contribution < -0.4 is 15.4 Å². The van der Waals surface area contributed by atoms with Crippen LogP contribution in [0.2, 0.25) is 0 Å². The summed E-state index contributed by atoms with van der Waals surface area (Å²) >= 11 is 5.37. The Morgan fingerprint density at radius 2 is 1.32 bits per heavy atom. The molecule has 0 saturated carbocycles. The molecule has 0 amide bonds. The minimum atomic E-state index is -0.539. The normalized spacial score (nSPS) is 10.5. The first-order chi connectivity index (χ1) is 14.7. The third kappa shape index (κ3) is 7.90. The molecule has 2 N–H and O–H groups in total. The summed E-state index contributed by atoms with van der Waals surface area (Å²) in [6, 6.07) is 11.9. The Balaban J connectivity index is 2.21. The third-order valence-electron chi connectivity index (χ3n) is 3.77. The minimum Gasteiger partial charge on any atom is -0.494 e. The fraction of sp³-hybridized carbons (Fsp3) is 0.348. The number of esters is 2. The first-order valence-electron chi connectivity index (χ1n) is 10.1. The molecule has 0 aliphatic heterocycles. The number of hydrogen-bond donors (Lipinski definition) is 2. The molecule has 166 valence electrons. The molecule has 8 heteroatoms. The van der Waals surface area contributed by atoms with Crippen molar-refractivity contribution in [3.63, 3.8) is 0 Å². The molecule has 0 unspecified atom stereocenters. The highest BCUT2D eigenvalue weighted by Gasteiger charge is 2.17. The Morgan fingerprint density at radius 1 is 0.839 bits per heavy atom. The average Bonchev–Trinajstić information content (AvgIpc) is 2.68. The van der Waals surface area contributed by atoms with Gasteiger partial charge in [0, 0.05) is 11.4 Å². The molecule has 0 heterocycles. The maximum Gasteiger partial charge on any atom is 0.338 e. The lowest BCUT2D eigenvalue weighted by molar-refractivity contribution is 0.0377. The summed E-state index contributed by atoms with van der Waals surface area (Å²) in [5.74, 6) is -0.318. The Hall–Kier alpha value is -3.13. The third-order valence-corrected chi connectivity index (χ3v) is 3.98. The van der Waals surface area contributed by atoms with Crippen LogP contribution in [-0.2, 0) is 9.47 Å². The SMILES string of the molecule is CCOc1ccc(NC(=S)Nc2cc(C(=O)OC(C)C)cc(C(=O)OC(C)C)c2)cc1. The van der Waals surface area contributed by atoms with Gasteiger partial charge in [-0.3, -0.25) is 0 Å². The van der Waals surface area contributed by atoms with Crippen LogP contribution in [0.25, 0.3) is 0 Å². The van der Waals surface area contributed by atoms with Gasteiger partial charge in [-0.2, -0.15) is 0 Å². The van der Waals surface area contributed by atoms with Crippen LogP contribution in [0, 0.1) is 0 Å². The molecule has 0 radical (unpaired) electrons. The van der Waals surface area contributed by atoms with E-state index in [0.717, 1.165) is 11.4 Å². The van der Waals surface area contributed by atoms with E-state index in [2.05, 4.69) is 10.6 Å². The van der Waals surface area contributed by atoms with Gasteiger partial charge in [0.15, 0.2) is 5.11 Å². The van der Waals surface area contributed by atoms with E-state index in [1.807, 2.05) is 31.2 Å². The molecule has 0 aromatic heterocycles. The lowest BCUT2D eigenvalue weighted by atomic mass is 10.1. The second-order valence-corrected chi connectivity index (χ2v) is 7.65. The van der Waals surface area contributed by atoms with Crippen LogP contribution in [0.5, 0.6) is 5.75 Å². The molecule has 2 rings (SSSR count). The van der Waals surface area contributed by atoms with Crippen molar-refractivity contribution >= 4 is 40.6 Å². The van der Waals surface area contributed by atoms with Gasteiger partial charge in [-0.05, 0) is 89.3 Å². The maximum atomic E-state index is 12.4. The summed E-state index contributed by atoms with van der Waals surface area (Å²) in [6.45, 7) is 9.52. The van der Waals surface area contributed by atoms with Gasteiger partial charge in [0.05, 0.1) is 29.9 Å². The summed E-state index contributed by atoms with van der Waals surface area (Å²) in [7, 11) is 0. The highest BCUT2D eigenvalue weighted by Crippen LogP contribution is 2.20. The molecule has 0 saturated heterocycles. The van der Waals surface area contributed by atoms with E-state index in [9.17, 15) is 9.59 Å². The van der Waals surface area contributed by atoms with Crippen LogP contribution >= 0.6 is 12.2 Å². The molecule has 0 aliphatic rings. The van der Waals surface area contributed by atoms with Crippen LogP contribution in [0.4, 0.5) is 11.4 Å². The van der Waals surface area contributed by atoms with Gasteiger partial charge in [-0.15, -0.1) is 0 Å². The predicted molar refractivity (Wildman–Crippen MR) is 125 cm³/mol. The number of ether oxygens (including phenoxy) is 3. The highest BCUT2D eigenvalue weighted by molar-refractivity contribution is 7.80. The van der Waals surface area contributed by atoms with Gasteiger partial charge in [-0.1, -0.05) is 0 Å². The van der Waals surface area contributed by atoms with Crippen LogP contribution in [-0.4, -0.2) is 35.9 Å². The van der Waals surface area contributed by atoms with E-state index in [0.29, 0.717) is 17.4 Å². The summed E-state index contributed by atoms with van der Waals surface area (Å²) < 4.78 is 15.9. The van der Waals surface area contributed by atoms with Crippen molar-refractivity contribution in [1.29, 1.82) is 0 Å². The fourth-order valence-corrected chi connectivity index (χ4v) is 2.83. The number of anilines is 2. The number of thiocarbonyl (C=S) groups is 1. The minimum absolute atomic E-state index is 0.221. The number of benzene rings is 2. The van der Waals surface area contributed by atoms with E-state index in [1.54, 1.807) is 39.8 Å². The summed E-state index contributed by atoms with van der Waals surface area (Å²) in [5, 5.41) is 6.35. The molecule has 7 nitrogen and oxygen atoms in total. The first kappa shape index (κ1) is 24.1. The zero-order valence-electron chi connectivity index (χ0n) is 18.4. The largest absolute Gasteiger partial charge is 0.494 e. The van der Waals surface area contributed by atoms with Crippen molar-refractivity contribution in [3.05, 3.63) is 53.6 Å². The maximum absolute atomic E-state index is 12.4. The lowest BCUT2D eigenvalue weighted by Crippen LogP contribution is -2.20. The first-order valence-corrected chi connectivity index (χ1v) is 10.5. The van der Waals surface area contributed by atoms with Crippen molar-refractivity contribution in [2.45, 2.75) is 46.8 Å². The molecule has 0 spiro atoms. The number of carbonyl (C=O) groups is 2. The summed E-state index contributed by atoms with van der Waals surface area (Å²) in [4.78, 5) is 24.8. The number of rotatable bonds is 8. The zero-order valence-corrected chi connectivity index (χ0v) is 19.2. The molecule has 0 fully saturated rings. The van der Waals surface area contributed by atoms with Crippen molar-refractivity contribution < 1.29 is 23.8 Å². The summed E-state index contributed by atoms with van der Waals surface area (Å²) in [5.41, 5.74) is 1.66. The van der Waals surface area contributed by atoms with Crippen LogP contribution in [0.15, 0.2) is 42.5 Å². The van der Waals surface area contributed by atoms with Gasteiger partial charge in [0.25, 0.3) is 0 Å². The van der Waals surface area contributed by atoms with Crippen molar-refractivity contribution in [3.8, 4) is 5.75 Å². The number of hydrogen-bond acceptors (Lipinski definition) is 6. The molecule has 0 bridgehead atoms. The van der Waals surface area contributed by atoms with Crippen LogP contribution in [0.1, 0.15) is 55.3 Å². The second-order valence-electron chi connectivity index (χ2n) is 7.24. The molecule has 2 aromatic carbocycles. The lowest BCUT2D eigenvalue weighted by Gasteiger charge is -2.15. The van der Waals surface area contributed by atoms with E-state index in [-0.39, 0.29) is 23.3 Å². The van der Waals surface area contributed by atoms with Gasteiger partial charge in [0.2, 0.25) is 0 Å². The highest BCUT2D eigenvalue weighted by atomic mass is 32.1. The number of carbonyl (C=O) groups excluding carboxylic acids is 2. The van der Waals surface area contributed by atoms with Crippen LogP contribution in [0.3, 0.4) is 0 Å². The second kappa shape index (κ2) is 11.3. The Morgan fingerprint density at radius 3 is 1.77 bits per heavy atom. The average molecular weight is 445 g/mol. The molecule has 31 heavy (non-hydrogen) atoms. The van der Waals surface area contributed by atoms with E-state index >= 15 is 0 Å². The molecular formula is C23H28N2O5S. The van der Waals surface area contributed by atoms with E-state index < -0.39 is 11.9 Å². The van der Waals surface area contributed by atoms with Crippen molar-refractivity contribution in [2.24, 2.45) is 0 Å². The predicted octanol–water partition coefficient (Wildman–Crippen LogP) is 5.02. The standard InChI is InChI=1S/C23H28N2O5S/c1-6-28-20-9-7-18(8-10-20)24-23(31)25-19-12-16(21(26)29-14(2)3)11-17(13-19)22(27)30-15(4)5/h7-15H,6H2,1-5H3,(H2,24,25,31). The van der Waals surface area contributed by atoms with Gasteiger partial charge in [0.1, 0.15) is 5.75 Å². The quantitative estimate of drug-likeness (QED) is 0.433. The topological polar surface area (TPSA) is 85.9 Å². The summed E-state index contributed by atoms with van der Waals surface area (Å²) in [6.07, 6.45) is -0.588. The Kier molecular flexibility index (Phi) is 8.81. The van der Waals surface area contributed by atoms with Gasteiger partial charge in [-0.25, -0.2) is 9.59 Å². The fourth-order valence-electron chi connectivity index (χ4n) is 2.59. The van der Waals surface area contributed by atoms with Crippen molar-refractivity contribution in [1.82, 2.24) is 0 Å². The Labute approximate surface area is 188 Å². The molecular weight excluding hydrogens is 416 g/mol. The Bertz CT molecular complexity index is 886. The van der Waals surface area contributed by atoms with Gasteiger partial charge >= 0.3 is 11.9 Å². The number of nitrogens with one attached hydrogen (secondary N) is 2. The van der Waals surface area contributed by atoms with Gasteiger partial charge < -0.3 is 24.8 Å². The van der Waals surface area contributed by atoms with E-state index in [1.165, 1.54) is 6.07 Å².